The molecule has 0 aliphatic heterocycles. The molecule has 0 radical (unpaired) electrons. The van der Waals surface area contributed by atoms with Gasteiger partial charge in [0.05, 0.1) is 4.92 Å². The quantitative estimate of drug-likeness (QED) is 0.0509. The molecule has 0 saturated carbocycles. The van der Waals surface area contributed by atoms with Crippen LogP contribution in [0.2, 0.25) is 0 Å². The first-order valence-electron chi connectivity index (χ1n) is 12.2. The van der Waals surface area contributed by atoms with E-state index >= 15 is 0 Å². The number of carbonyl (C=O) groups excluding carboxylic acids is 2. The summed E-state index contributed by atoms with van der Waals surface area (Å²) in [5.74, 6) is -0.532. The number of rotatable bonds is 10. The molecule has 0 saturated heterocycles. The van der Waals surface area contributed by atoms with Gasteiger partial charge in [0.15, 0.2) is 0 Å². The van der Waals surface area contributed by atoms with E-state index in [-0.39, 0.29) is 18.9 Å². The van der Waals surface area contributed by atoms with E-state index in [0.717, 1.165) is 33.4 Å². The highest BCUT2D eigenvalue weighted by Gasteiger charge is 2.18. The lowest BCUT2D eigenvalue weighted by Crippen LogP contribution is -2.11. The number of hydrogen-bond acceptors (Lipinski definition) is 8. The Labute approximate surface area is 224 Å². The zero-order chi connectivity index (χ0) is 28.1. The average Bonchev–Trinajstić information content (AvgIpc) is 3.24. The van der Waals surface area contributed by atoms with E-state index < -0.39 is 16.9 Å². The number of nitro benzene ring substituents is 1. The van der Waals surface area contributed by atoms with Crippen molar-refractivity contribution in [3.8, 4) is 5.75 Å². The van der Waals surface area contributed by atoms with E-state index in [0.29, 0.717) is 29.1 Å². The molecule has 1 heterocycles. The third kappa shape index (κ3) is 5.80. The Kier molecular flexibility index (Phi) is 8.04. The van der Waals surface area contributed by atoms with Crippen LogP contribution in [0.5, 0.6) is 5.75 Å². The van der Waals surface area contributed by atoms with Crippen LogP contribution in [0, 0.1) is 17.0 Å². The Morgan fingerprint density at radius 1 is 1.05 bits per heavy atom. The SMILES string of the molecule is C=CC(=O)OCCOc1ccc(C(=NOC(C)=O)c2ccc3c(c2)c2cc([N+](=O)[O-])ccc2n3CC)c(C)c1. The minimum absolute atomic E-state index is 0.00236. The number of fused-ring (bicyclic) bond motifs is 3. The first kappa shape index (κ1) is 27.1. The number of aryl methyl sites for hydroxylation is 2. The number of esters is 1. The zero-order valence-corrected chi connectivity index (χ0v) is 21.8. The molecule has 3 aromatic carbocycles. The molecule has 0 aliphatic carbocycles. The second-order valence-corrected chi connectivity index (χ2v) is 8.65. The summed E-state index contributed by atoms with van der Waals surface area (Å²) in [7, 11) is 0. The third-order valence-corrected chi connectivity index (χ3v) is 6.13. The maximum Gasteiger partial charge on any atom is 0.332 e. The number of oxime groups is 1. The van der Waals surface area contributed by atoms with E-state index in [4.69, 9.17) is 14.3 Å². The van der Waals surface area contributed by atoms with Gasteiger partial charge in [-0.25, -0.2) is 9.59 Å². The number of ether oxygens (including phenoxy) is 2. The summed E-state index contributed by atoms with van der Waals surface area (Å²) in [4.78, 5) is 38.9. The maximum atomic E-state index is 11.6. The number of aromatic nitrogens is 1. The summed E-state index contributed by atoms with van der Waals surface area (Å²) in [6.45, 7) is 9.42. The molecule has 10 heteroatoms. The fraction of sp³-hybridized carbons (Fsp3) is 0.207. The Hall–Kier alpha value is -4.99. The van der Waals surface area contributed by atoms with E-state index in [9.17, 15) is 19.7 Å². The van der Waals surface area contributed by atoms with Crippen LogP contribution >= 0.6 is 0 Å². The Balaban J connectivity index is 1.76. The van der Waals surface area contributed by atoms with Crippen LogP contribution in [0.15, 0.2) is 72.4 Å². The highest BCUT2D eigenvalue weighted by molar-refractivity contribution is 6.17. The van der Waals surface area contributed by atoms with Gasteiger partial charge in [-0.2, -0.15) is 0 Å². The topological polar surface area (TPSA) is 122 Å². The molecular formula is C29H27N3O7. The van der Waals surface area contributed by atoms with Crippen LogP contribution in [-0.2, 0) is 25.7 Å². The van der Waals surface area contributed by atoms with Crippen molar-refractivity contribution in [3.05, 3.63) is 94.1 Å². The normalized spacial score (nSPS) is 11.4. The minimum atomic E-state index is -0.571. The maximum absolute atomic E-state index is 11.6. The Morgan fingerprint density at radius 2 is 1.77 bits per heavy atom. The van der Waals surface area contributed by atoms with Gasteiger partial charge in [-0.3, -0.25) is 10.1 Å². The van der Waals surface area contributed by atoms with Crippen LogP contribution in [0.25, 0.3) is 21.8 Å². The molecular weight excluding hydrogens is 502 g/mol. The van der Waals surface area contributed by atoms with Gasteiger partial charge in [0.2, 0.25) is 0 Å². The molecule has 0 amide bonds. The number of nitro groups is 1. The number of non-ortho nitro benzene ring substituents is 1. The van der Waals surface area contributed by atoms with E-state index in [2.05, 4.69) is 16.3 Å². The van der Waals surface area contributed by atoms with Gasteiger partial charge < -0.3 is 18.9 Å². The van der Waals surface area contributed by atoms with Gasteiger partial charge in [-0.1, -0.05) is 17.8 Å². The van der Waals surface area contributed by atoms with Crippen molar-refractivity contribution in [2.24, 2.45) is 5.16 Å². The van der Waals surface area contributed by atoms with Gasteiger partial charge >= 0.3 is 11.9 Å². The van der Waals surface area contributed by atoms with Crippen molar-refractivity contribution in [3.63, 3.8) is 0 Å². The molecule has 4 rings (SSSR count). The fourth-order valence-corrected chi connectivity index (χ4v) is 4.41. The molecule has 0 unspecified atom stereocenters. The van der Waals surface area contributed by atoms with Crippen LogP contribution in [0.3, 0.4) is 0 Å². The lowest BCUT2D eigenvalue weighted by Gasteiger charge is -2.13. The van der Waals surface area contributed by atoms with Gasteiger partial charge in [0.25, 0.3) is 5.69 Å². The van der Waals surface area contributed by atoms with Gasteiger partial charge in [-0.15, -0.1) is 0 Å². The van der Waals surface area contributed by atoms with Gasteiger partial charge in [-0.05, 0) is 55.8 Å². The largest absolute Gasteiger partial charge is 0.490 e. The van der Waals surface area contributed by atoms with Crippen molar-refractivity contribution in [1.82, 2.24) is 4.57 Å². The molecule has 200 valence electrons. The molecule has 4 aromatic rings. The average molecular weight is 530 g/mol. The Bertz CT molecular complexity index is 1640. The van der Waals surface area contributed by atoms with Crippen molar-refractivity contribution < 1.29 is 28.8 Å². The highest BCUT2D eigenvalue weighted by atomic mass is 16.7. The Morgan fingerprint density at radius 3 is 2.41 bits per heavy atom. The summed E-state index contributed by atoms with van der Waals surface area (Å²) in [5.41, 5.74) is 4.38. The number of nitrogens with zero attached hydrogens (tertiary/aromatic N) is 3. The van der Waals surface area contributed by atoms with E-state index in [1.807, 2.05) is 32.0 Å². The number of benzene rings is 3. The van der Waals surface area contributed by atoms with Crippen molar-refractivity contribution >= 4 is 45.1 Å². The molecule has 0 atom stereocenters. The van der Waals surface area contributed by atoms with Crippen molar-refractivity contribution in [2.75, 3.05) is 13.2 Å². The fourth-order valence-electron chi connectivity index (χ4n) is 4.41. The molecule has 0 N–H and O–H groups in total. The second kappa shape index (κ2) is 11.6. The summed E-state index contributed by atoms with van der Waals surface area (Å²) in [5, 5.41) is 17.2. The molecule has 39 heavy (non-hydrogen) atoms. The van der Waals surface area contributed by atoms with Gasteiger partial charge in [0, 0.05) is 64.6 Å². The summed E-state index contributed by atoms with van der Waals surface area (Å²) >= 11 is 0. The third-order valence-electron chi connectivity index (χ3n) is 6.13. The lowest BCUT2D eigenvalue weighted by molar-refractivity contribution is -0.384. The standard InChI is InChI=1S/C29H27N3O7/c1-5-28(34)38-14-13-37-22-9-10-23(18(3)15-22)29(30-39-19(4)33)20-7-11-26-24(16-20)25-17-21(32(35)36)8-12-27(25)31(26)6-2/h5,7-12,15-17H,1,6,13-14H2,2-4H3. The second-order valence-electron chi connectivity index (χ2n) is 8.65. The molecule has 10 nitrogen and oxygen atoms in total. The van der Waals surface area contributed by atoms with Crippen LogP contribution < -0.4 is 4.74 Å². The van der Waals surface area contributed by atoms with Crippen LogP contribution in [-0.4, -0.2) is 40.4 Å². The number of carbonyl (C=O) groups is 2. The summed E-state index contributed by atoms with van der Waals surface area (Å²) in [6, 6.07) is 15.9. The smallest absolute Gasteiger partial charge is 0.332 e. The predicted octanol–water partition coefficient (Wildman–Crippen LogP) is 5.45. The summed E-state index contributed by atoms with van der Waals surface area (Å²) < 4.78 is 12.7. The lowest BCUT2D eigenvalue weighted by atomic mass is 9.96. The number of hydrogen-bond donors (Lipinski definition) is 0. The molecule has 0 bridgehead atoms. The van der Waals surface area contributed by atoms with Gasteiger partial charge in [0.1, 0.15) is 24.7 Å². The monoisotopic (exact) mass is 529 g/mol. The first-order chi connectivity index (χ1) is 18.7. The van der Waals surface area contributed by atoms with Crippen LogP contribution in [0.4, 0.5) is 5.69 Å². The molecule has 1 aromatic heterocycles. The highest BCUT2D eigenvalue weighted by Crippen LogP contribution is 2.33. The van der Waals surface area contributed by atoms with Crippen molar-refractivity contribution in [1.29, 1.82) is 0 Å². The molecule has 0 aliphatic rings. The minimum Gasteiger partial charge on any atom is -0.490 e. The van der Waals surface area contributed by atoms with E-state index in [1.54, 1.807) is 30.3 Å². The summed E-state index contributed by atoms with van der Waals surface area (Å²) in [6.07, 6.45) is 1.08. The molecule has 0 fully saturated rings. The zero-order valence-electron chi connectivity index (χ0n) is 21.8. The predicted molar refractivity (Wildman–Crippen MR) is 147 cm³/mol. The van der Waals surface area contributed by atoms with Crippen LogP contribution in [0.1, 0.15) is 30.5 Å². The first-order valence-corrected chi connectivity index (χ1v) is 12.2. The van der Waals surface area contributed by atoms with Crippen molar-refractivity contribution in [2.45, 2.75) is 27.3 Å². The van der Waals surface area contributed by atoms with E-state index in [1.165, 1.54) is 13.0 Å². The molecule has 0 spiro atoms.